The van der Waals surface area contributed by atoms with Gasteiger partial charge < -0.3 is 10.2 Å². The maximum atomic E-state index is 13.8. The van der Waals surface area contributed by atoms with E-state index in [2.05, 4.69) is 36.7 Å². The number of hydrogen-bond donors (Lipinski definition) is 1. The molecule has 0 aliphatic carbocycles. The number of fused-ring (bicyclic) bond motifs is 1. The summed E-state index contributed by atoms with van der Waals surface area (Å²) in [5, 5.41) is 15.4. The van der Waals surface area contributed by atoms with Crippen LogP contribution < -0.4 is 10.2 Å². The molecule has 0 saturated carbocycles. The average molecular weight is 591 g/mol. The number of halogens is 7. The fourth-order valence-corrected chi connectivity index (χ4v) is 5.62. The summed E-state index contributed by atoms with van der Waals surface area (Å²) in [7, 11) is 1.56. The summed E-state index contributed by atoms with van der Waals surface area (Å²) in [5.74, 6) is 0.171. The van der Waals surface area contributed by atoms with Crippen LogP contribution in [0.5, 0.6) is 0 Å². The van der Waals surface area contributed by atoms with Gasteiger partial charge in [0, 0.05) is 13.1 Å². The Morgan fingerprint density at radius 2 is 1.78 bits per heavy atom. The molecule has 0 saturated heterocycles. The molecule has 2 heterocycles. The van der Waals surface area contributed by atoms with Gasteiger partial charge >= 0.3 is 12.4 Å². The highest BCUT2D eigenvalue weighted by molar-refractivity contribution is 9.10. The van der Waals surface area contributed by atoms with Crippen LogP contribution in [0.15, 0.2) is 28.7 Å². The minimum Gasteiger partial charge on any atom is -0.384 e. The first-order valence-electron chi connectivity index (χ1n) is 11.6. The highest BCUT2D eigenvalue weighted by Gasteiger charge is 2.39. The number of alkyl halides is 6. The quantitative estimate of drug-likeness (QED) is 0.330. The lowest BCUT2D eigenvalue weighted by atomic mass is 9.94. The number of hydrogen-bond acceptors (Lipinski definition) is 5. The molecule has 3 aromatic rings. The first kappa shape index (κ1) is 27.2. The smallest absolute Gasteiger partial charge is 0.384 e. The topological polar surface area (TPSA) is 58.9 Å². The van der Waals surface area contributed by atoms with Crippen LogP contribution >= 0.6 is 15.9 Å². The van der Waals surface area contributed by atoms with Gasteiger partial charge in [0.1, 0.15) is 0 Å². The first-order chi connectivity index (χ1) is 17.3. The van der Waals surface area contributed by atoms with Gasteiger partial charge in [-0.25, -0.2) is 0 Å². The molecule has 6 nitrogen and oxygen atoms in total. The van der Waals surface area contributed by atoms with Crippen molar-refractivity contribution < 1.29 is 26.3 Å². The lowest BCUT2D eigenvalue weighted by molar-refractivity contribution is -0.139. The van der Waals surface area contributed by atoms with Crippen LogP contribution in [0, 0.1) is 6.92 Å². The third kappa shape index (κ3) is 5.70. The van der Waals surface area contributed by atoms with E-state index in [4.69, 9.17) is 0 Å². The van der Waals surface area contributed by atoms with E-state index in [1.165, 1.54) is 17.8 Å². The third-order valence-electron chi connectivity index (χ3n) is 6.36. The molecule has 0 unspecified atom stereocenters. The van der Waals surface area contributed by atoms with Gasteiger partial charge in [-0.15, -0.1) is 5.10 Å². The summed E-state index contributed by atoms with van der Waals surface area (Å²) in [6.45, 7) is 3.59. The molecular formula is C24H25BrF6N6. The number of nitrogens with zero attached hydrogens (tertiary/aromatic N) is 5. The molecule has 0 amide bonds. The zero-order valence-corrected chi connectivity index (χ0v) is 21.9. The Labute approximate surface area is 218 Å². The summed E-state index contributed by atoms with van der Waals surface area (Å²) < 4.78 is 82.2. The van der Waals surface area contributed by atoms with E-state index in [1.807, 2.05) is 0 Å². The number of nitrogens with one attached hydrogen (secondary N) is 1. The molecule has 13 heteroatoms. The van der Waals surface area contributed by atoms with Gasteiger partial charge in [-0.05, 0) is 81.7 Å². The molecule has 1 aliphatic heterocycles. The van der Waals surface area contributed by atoms with Gasteiger partial charge in [0.2, 0.25) is 0 Å². The van der Waals surface area contributed by atoms with Crippen LogP contribution in [0.4, 0.5) is 38.0 Å². The minimum atomic E-state index is -4.57. The van der Waals surface area contributed by atoms with Crippen molar-refractivity contribution in [2.75, 3.05) is 16.8 Å². The summed E-state index contributed by atoms with van der Waals surface area (Å²) >= 11 is 3.17. The molecule has 0 fully saturated rings. The number of aryl methyl sites for hydroxylation is 3. The van der Waals surface area contributed by atoms with E-state index in [9.17, 15) is 26.3 Å². The second-order valence-corrected chi connectivity index (χ2v) is 9.82. The summed E-state index contributed by atoms with van der Waals surface area (Å²) in [4.78, 5) is 2.95. The Morgan fingerprint density at radius 1 is 1.08 bits per heavy atom. The normalized spacial score (nSPS) is 16.2. The SMILES string of the molecule is CCc1cc(CN(c2nnn(C)n2)[C@H]2CCCNc3c2cc(C)c(C(F)(F)F)c3Br)cc(C(F)(F)F)c1. The van der Waals surface area contributed by atoms with Gasteiger partial charge in [-0.1, -0.05) is 24.2 Å². The predicted molar refractivity (Wildman–Crippen MR) is 130 cm³/mol. The van der Waals surface area contributed by atoms with Gasteiger partial charge in [-0.2, -0.15) is 31.1 Å². The van der Waals surface area contributed by atoms with Crippen molar-refractivity contribution in [3.05, 3.63) is 62.1 Å². The lowest BCUT2D eigenvalue weighted by Crippen LogP contribution is -2.30. The Morgan fingerprint density at radius 3 is 2.38 bits per heavy atom. The van der Waals surface area contributed by atoms with Crippen molar-refractivity contribution in [1.82, 2.24) is 20.2 Å². The fourth-order valence-electron chi connectivity index (χ4n) is 4.71. The second-order valence-electron chi connectivity index (χ2n) is 9.03. The van der Waals surface area contributed by atoms with E-state index in [0.29, 0.717) is 48.2 Å². The van der Waals surface area contributed by atoms with Gasteiger partial charge in [0.25, 0.3) is 5.95 Å². The van der Waals surface area contributed by atoms with E-state index in [0.717, 1.165) is 12.1 Å². The van der Waals surface area contributed by atoms with Gasteiger partial charge in [0.15, 0.2) is 0 Å². The van der Waals surface area contributed by atoms with Crippen molar-refractivity contribution in [1.29, 1.82) is 0 Å². The number of benzene rings is 2. The standard InChI is InChI=1S/C24H25BrF6N6/c1-4-14-9-15(11-16(10-14)23(26,27)28)12-37(22-33-35-36(3)34-22)18-6-5-7-32-21-17(18)8-13(2)19(20(21)25)24(29,30)31/h8-11,18,32H,4-7,12H2,1-3H3/t18-/m0/s1. The number of rotatable bonds is 5. The van der Waals surface area contributed by atoms with E-state index >= 15 is 0 Å². The molecule has 1 N–H and O–H groups in total. The zero-order chi connectivity index (χ0) is 27.1. The first-order valence-corrected chi connectivity index (χ1v) is 12.4. The minimum absolute atomic E-state index is 0.00437. The second kappa shape index (κ2) is 10.1. The fraction of sp³-hybridized carbons (Fsp3) is 0.458. The Hall–Kier alpha value is -2.83. The number of tetrazole rings is 1. The molecule has 37 heavy (non-hydrogen) atoms. The van der Waals surface area contributed by atoms with Crippen LogP contribution in [0.2, 0.25) is 0 Å². The average Bonchev–Trinajstić information content (AvgIpc) is 3.11. The molecule has 1 aromatic heterocycles. The molecule has 1 aliphatic rings. The summed E-state index contributed by atoms with van der Waals surface area (Å²) in [6, 6.07) is 4.87. The monoisotopic (exact) mass is 590 g/mol. The van der Waals surface area contributed by atoms with Crippen molar-refractivity contribution in [3.63, 3.8) is 0 Å². The molecule has 2 aromatic carbocycles. The molecule has 200 valence electrons. The lowest BCUT2D eigenvalue weighted by Gasteiger charge is -2.32. The van der Waals surface area contributed by atoms with E-state index in [-0.39, 0.29) is 22.5 Å². The summed E-state index contributed by atoms with van der Waals surface area (Å²) in [6.07, 6.45) is -7.57. The molecule has 0 radical (unpaired) electrons. The van der Waals surface area contributed by atoms with Gasteiger partial charge in [0.05, 0.1) is 34.4 Å². The third-order valence-corrected chi connectivity index (χ3v) is 7.16. The molecule has 0 spiro atoms. The zero-order valence-electron chi connectivity index (χ0n) is 20.3. The highest BCUT2D eigenvalue weighted by atomic mass is 79.9. The summed E-state index contributed by atoms with van der Waals surface area (Å²) in [5.41, 5.74) is 0.289. The van der Waals surface area contributed by atoms with E-state index in [1.54, 1.807) is 24.9 Å². The number of aromatic nitrogens is 4. The highest BCUT2D eigenvalue weighted by Crippen LogP contribution is 2.47. The van der Waals surface area contributed by atoms with Crippen LogP contribution in [0.1, 0.15) is 59.2 Å². The van der Waals surface area contributed by atoms with Crippen molar-refractivity contribution >= 4 is 27.6 Å². The molecule has 1 atom stereocenters. The van der Waals surface area contributed by atoms with Crippen LogP contribution in [-0.2, 0) is 32.4 Å². The maximum Gasteiger partial charge on any atom is 0.417 e. The van der Waals surface area contributed by atoms with Crippen LogP contribution in [-0.4, -0.2) is 26.8 Å². The maximum absolute atomic E-state index is 13.8. The van der Waals surface area contributed by atoms with Crippen molar-refractivity contribution in [3.8, 4) is 0 Å². The van der Waals surface area contributed by atoms with Crippen molar-refractivity contribution in [2.45, 2.75) is 58.0 Å². The van der Waals surface area contributed by atoms with Gasteiger partial charge in [-0.3, -0.25) is 0 Å². The number of anilines is 2. The Kier molecular flexibility index (Phi) is 7.46. The molecule has 4 rings (SSSR count). The predicted octanol–water partition coefficient (Wildman–Crippen LogP) is 6.83. The molecular weight excluding hydrogens is 566 g/mol. The van der Waals surface area contributed by atoms with Crippen LogP contribution in [0.3, 0.4) is 0 Å². The van der Waals surface area contributed by atoms with Crippen LogP contribution in [0.25, 0.3) is 0 Å². The molecule has 0 bridgehead atoms. The Balaban J connectivity index is 1.87. The van der Waals surface area contributed by atoms with E-state index < -0.39 is 29.5 Å². The Bertz CT molecular complexity index is 1290. The van der Waals surface area contributed by atoms with Crippen molar-refractivity contribution in [2.24, 2.45) is 7.05 Å². The largest absolute Gasteiger partial charge is 0.417 e.